The number of hydrogen-bond acceptors (Lipinski definition) is 6. The summed E-state index contributed by atoms with van der Waals surface area (Å²) in [5.41, 5.74) is 6.91. The van der Waals surface area contributed by atoms with Gasteiger partial charge in [0.15, 0.2) is 0 Å². The molecule has 0 saturated carbocycles. The molecule has 0 aliphatic rings. The number of nitrogen functional groups attached to an aromatic ring is 1. The Morgan fingerprint density at radius 3 is 2.72 bits per heavy atom. The Kier molecular flexibility index (Phi) is 3.83. The fraction of sp³-hybridized carbons (Fsp3) is 0.182. The number of aromatic nitrogens is 2. The zero-order valence-electron chi connectivity index (χ0n) is 9.71. The summed E-state index contributed by atoms with van der Waals surface area (Å²) in [6.45, 7) is 1.70. The van der Waals surface area contributed by atoms with E-state index in [0.29, 0.717) is 22.5 Å². The largest absolute Gasteiger partial charge is 0.416 e. The Bertz CT molecular complexity index is 538. The highest BCUT2D eigenvalue weighted by Gasteiger charge is 2.07. The minimum Gasteiger partial charge on any atom is -0.416 e. The third kappa shape index (κ3) is 3.49. The van der Waals surface area contributed by atoms with E-state index in [9.17, 15) is 4.79 Å². The van der Waals surface area contributed by atoms with E-state index in [1.807, 2.05) is 0 Å². The Labute approximate surface area is 108 Å². The highest BCUT2D eigenvalue weighted by Crippen LogP contribution is 2.16. The van der Waals surface area contributed by atoms with Gasteiger partial charge in [0.05, 0.1) is 5.75 Å². The van der Waals surface area contributed by atoms with Crippen LogP contribution >= 0.6 is 11.8 Å². The molecule has 0 spiro atoms. The Morgan fingerprint density at radius 2 is 2.11 bits per heavy atom. The van der Waals surface area contributed by atoms with E-state index >= 15 is 0 Å². The van der Waals surface area contributed by atoms with Crippen LogP contribution in [0.2, 0.25) is 0 Å². The normalized spacial score (nSPS) is 10.3. The molecule has 0 saturated heterocycles. The van der Waals surface area contributed by atoms with Gasteiger partial charge in [0.1, 0.15) is 0 Å². The lowest BCUT2D eigenvalue weighted by Crippen LogP contribution is -2.13. The predicted molar refractivity (Wildman–Crippen MR) is 69.2 cm³/mol. The van der Waals surface area contributed by atoms with Crippen LogP contribution in [0.25, 0.3) is 0 Å². The van der Waals surface area contributed by atoms with Crippen LogP contribution < -0.4 is 11.1 Å². The topological polar surface area (TPSA) is 94.0 Å². The Balaban J connectivity index is 1.83. The molecular weight excluding hydrogens is 252 g/mol. The van der Waals surface area contributed by atoms with Gasteiger partial charge in [0, 0.05) is 18.3 Å². The molecule has 0 aliphatic carbocycles. The van der Waals surface area contributed by atoms with Gasteiger partial charge in [-0.2, -0.15) is 0 Å². The van der Waals surface area contributed by atoms with Crippen LogP contribution in [0.15, 0.2) is 33.9 Å². The second kappa shape index (κ2) is 5.54. The molecular formula is C11H12N4O2S. The summed E-state index contributed by atoms with van der Waals surface area (Å²) >= 11 is 1.19. The molecule has 1 aromatic carbocycles. The number of carbonyl (C=O) groups is 1. The van der Waals surface area contributed by atoms with Gasteiger partial charge in [0.2, 0.25) is 11.8 Å². The number of thioether (sulfide) groups is 1. The van der Waals surface area contributed by atoms with Crippen LogP contribution in [0, 0.1) is 6.92 Å². The highest BCUT2D eigenvalue weighted by molar-refractivity contribution is 7.99. The molecule has 2 aromatic rings. The van der Waals surface area contributed by atoms with Crippen molar-refractivity contribution in [2.45, 2.75) is 12.1 Å². The molecule has 0 bridgehead atoms. The molecule has 0 atom stereocenters. The summed E-state index contributed by atoms with van der Waals surface area (Å²) in [5, 5.41) is 10.6. The number of benzene rings is 1. The number of amides is 1. The molecule has 1 heterocycles. The summed E-state index contributed by atoms with van der Waals surface area (Å²) in [6, 6.07) is 6.94. The van der Waals surface area contributed by atoms with E-state index < -0.39 is 0 Å². The minimum absolute atomic E-state index is 0.138. The summed E-state index contributed by atoms with van der Waals surface area (Å²) in [7, 11) is 0. The van der Waals surface area contributed by atoms with Crippen molar-refractivity contribution in [3.8, 4) is 0 Å². The predicted octanol–water partition coefficient (Wildman–Crippen LogP) is 1.69. The van der Waals surface area contributed by atoms with E-state index in [0.717, 1.165) is 0 Å². The first kappa shape index (κ1) is 12.4. The number of nitrogens with zero attached hydrogens (tertiary/aromatic N) is 2. The molecule has 3 N–H and O–H groups in total. The van der Waals surface area contributed by atoms with E-state index in [1.165, 1.54) is 11.8 Å². The van der Waals surface area contributed by atoms with Gasteiger partial charge < -0.3 is 15.5 Å². The summed E-state index contributed by atoms with van der Waals surface area (Å²) in [5.74, 6) is 0.559. The zero-order valence-corrected chi connectivity index (χ0v) is 10.5. The molecule has 6 nitrogen and oxygen atoms in total. The minimum atomic E-state index is -0.138. The molecule has 7 heteroatoms. The lowest BCUT2D eigenvalue weighted by atomic mass is 10.3. The lowest BCUT2D eigenvalue weighted by molar-refractivity contribution is -0.113. The summed E-state index contributed by atoms with van der Waals surface area (Å²) < 4.78 is 5.14. The Hall–Kier alpha value is -2.02. The van der Waals surface area contributed by atoms with E-state index in [1.54, 1.807) is 31.2 Å². The van der Waals surface area contributed by atoms with Crippen LogP contribution in [-0.4, -0.2) is 21.9 Å². The van der Waals surface area contributed by atoms with E-state index in [-0.39, 0.29) is 11.7 Å². The monoisotopic (exact) mass is 264 g/mol. The first-order valence-electron chi connectivity index (χ1n) is 5.22. The molecule has 94 valence electrons. The SMILES string of the molecule is Cc1nnc(SCC(=O)Nc2ccc(N)cc2)o1. The van der Waals surface area contributed by atoms with Gasteiger partial charge in [-0.25, -0.2) is 0 Å². The number of carbonyl (C=O) groups excluding carboxylic acids is 1. The first-order valence-corrected chi connectivity index (χ1v) is 6.20. The zero-order chi connectivity index (χ0) is 13.0. The maximum Gasteiger partial charge on any atom is 0.277 e. The second-order valence-electron chi connectivity index (χ2n) is 3.55. The number of anilines is 2. The molecule has 1 amide bonds. The van der Waals surface area contributed by atoms with Crippen molar-refractivity contribution in [2.75, 3.05) is 16.8 Å². The van der Waals surface area contributed by atoms with Gasteiger partial charge in [-0.15, -0.1) is 10.2 Å². The standard InChI is InChI=1S/C11H12N4O2S/c1-7-14-15-11(17-7)18-6-10(16)13-9-4-2-8(12)3-5-9/h2-5H,6,12H2,1H3,(H,13,16). The number of aryl methyl sites for hydroxylation is 1. The van der Waals surface area contributed by atoms with Gasteiger partial charge in [-0.05, 0) is 24.3 Å². The maximum atomic E-state index is 11.6. The van der Waals surface area contributed by atoms with Crippen LogP contribution in [-0.2, 0) is 4.79 Å². The van der Waals surface area contributed by atoms with Gasteiger partial charge in [-0.1, -0.05) is 11.8 Å². The third-order valence-corrected chi connectivity index (χ3v) is 2.85. The average Bonchev–Trinajstić information content (AvgIpc) is 2.76. The molecule has 2 rings (SSSR count). The maximum absolute atomic E-state index is 11.6. The van der Waals surface area contributed by atoms with Gasteiger partial charge >= 0.3 is 0 Å². The van der Waals surface area contributed by atoms with Gasteiger partial charge in [-0.3, -0.25) is 4.79 Å². The summed E-state index contributed by atoms with van der Waals surface area (Å²) in [6.07, 6.45) is 0. The molecule has 0 aliphatic heterocycles. The fourth-order valence-corrected chi connectivity index (χ4v) is 1.83. The van der Waals surface area contributed by atoms with E-state index in [4.69, 9.17) is 10.2 Å². The number of nitrogens with two attached hydrogens (primary N) is 1. The third-order valence-electron chi connectivity index (χ3n) is 2.03. The van der Waals surface area contributed by atoms with Gasteiger partial charge in [0.25, 0.3) is 5.22 Å². The highest BCUT2D eigenvalue weighted by atomic mass is 32.2. The van der Waals surface area contributed by atoms with Crippen molar-refractivity contribution in [2.24, 2.45) is 0 Å². The smallest absolute Gasteiger partial charge is 0.277 e. The van der Waals surface area contributed by atoms with Crippen LogP contribution in [0.5, 0.6) is 0 Å². The second-order valence-corrected chi connectivity index (χ2v) is 4.47. The molecule has 18 heavy (non-hydrogen) atoms. The molecule has 0 fully saturated rings. The average molecular weight is 264 g/mol. The van der Waals surface area contributed by atoms with Crippen molar-refractivity contribution in [3.63, 3.8) is 0 Å². The molecule has 1 aromatic heterocycles. The van der Waals surface area contributed by atoms with Crippen LogP contribution in [0.1, 0.15) is 5.89 Å². The van der Waals surface area contributed by atoms with Crippen LogP contribution in [0.3, 0.4) is 0 Å². The van der Waals surface area contributed by atoms with E-state index in [2.05, 4.69) is 15.5 Å². The van der Waals surface area contributed by atoms with Crippen molar-refractivity contribution in [1.82, 2.24) is 10.2 Å². The molecule has 0 radical (unpaired) electrons. The van der Waals surface area contributed by atoms with Crippen molar-refractivity contribution < 1.29 is 9.21 Å². The number of rotatable bonds is 4. The quantitative estimate of drug-likeness (QED) is 0.644. The van der Waals surface area contributed by atoms with Crippen molar-refractivity contribution in [1.29, 1.82) is 0 Å². The van der Waals surface area contributed by atoms with Crippen molar-refractivity contribution >= 4 is 29.0 Å². The lowest BCUT2D eigenvalue weighted by Gasteiger charge is -2.03. The summed E-state index contributed by atoms with van der Waals surface area (Å²) in [4.78, 5) is 11.6. The first-order chi connectivity index (χ1) is 8.63. The Morgan fingerprint density at radius 1 is 1.39 bits per heavy atom. The number of hydrogen-bond donors (Lipinski definition) is 2. The fourth-order valence-electron chi connectivity index (χ4n) is 1.23. The van der Waals surface area contributed by atoms with Crippen LogP contribution in [0.4, 0.5) is 11.4 Å². The molecule has 0 unspecified atom stereocenters. The number of nitrogens with one attached hydrogen (secondary N) is 1. The van der Waals surface area contributed by atoms with Crippen molar-refractivity contribution in [3.05, 3.63) is 30.2 Å².